The van der Waals surface area contributed by atoms with Gasteiger partial charge >= 0.3 is 6.18 Å². The van der Waals surface area contributed by atoms with Crippen molar-refractivity contribution in [2.45, 2.75) is 31.1 Å². The van der Waals surface area contributed by atoms with E-state index in [4.69, 9.17) is 0 Å². The third-order valence-electron chi connectivity index (χ3n) is 8.51. The quantitative estimate of drug-likeness (QED) is 0.527. The van der Waals surface area contributed by atoms with Gasteiger partial charge < -0.3 is 20.4 Å². The molecule has 0 bridgehead atoms. The van der Waals surface area contributed by atoms with E-state index in [0.717, 1.165) is 38.8 Å². The van der Waals surface area contributed by atoms with Crippen molar-refractivity contribution in [3.63, 3.8) is 0 Å². The molecule has 5 rings (SSSR count). The second-order valence-corrected chi connectivity index (χ2v) is 11.1. The molecule has 1 unspecified atom stereocenters. The third-order valence-corrected chi connectivity index (χ3v) is 8.51. The Morgan fingerprint density at radius 3 is 2.61 bits per heavy atom. The van der Waals surface area contributed by atoms with Crippen molar-refractivity contribution >= 4 is 23.1 Å². The number of nitrogens with one attached hydrogen (secondary N) is 2. The van der Waals surface area contributed by atoms with Crippen LogP contribution in [0.25, 0.3) is 0 Å². The summed E-state index contributed by atoms with van der Waals surface area (Å²) in [5, 5.41) is 15.8. The number of pyridine rings is 1. The van der Waals surface area contributed by atoms with E-state index in [0.29, 0.717) is 24.5 Å². The zero-order valence-electron chi connectivity index (χ0n) is 23.4. The fourth-order valence-corrected chi connectivity index (χ4v) is 5.99. The number of hydrogen-bond donors (Lipinski definition) is 2. The van der Waals surface area contributed by atoms with Crippen molar-refractivity contribution in [1.82, 2.24) is 20.1 Å². The van der Waals surface area contributed by atoms with Crippen LogP contribution in [0, 0.1) is 24.1 Å². The Hall–Kier alpha value is -3.47. The highest BCUT2D eigenvalue weighted by Crippen LogP contribution is 2.37. The second kappa shape index (κ2) is 11.1. The summed E-state index contributed by atoms with van der Waals surface area (Å²) in [5.74, 6) is -1.21. The van der Waals surface area contributed by atoms with Crippen molar-refractivity contribution in [1.29, 1.82) is 5.26 Å². The number of fused-ring (bicyclic) bond motifs is 1. The first-order chi connectivity index (χ1) is 19.4. The number of aryl methyl sites for hydroxylation is 1. The first-order valence-corrected chi connectivity index (χ1v) is 13.6. The maximum absolute atomic E-state index is 15.3. The topological polar surface area (TPSA) is 90.8 Å². The summed E-state index contributed by atoms with van der Waals surface area (Å²) in [7, 11) is 3.66. The number of piperazine rings is 1. The highest BCUT2D eigenvalue weighted by Gasteiger charge is 2.44. The van der Waals surface area contributed by atoms with Gasteiger partial charge in [0.25, 0.3) is 0 Å². The molecule has 3 aliphatic heterocycles. The summed E-state index contributed by atoms with van der Waals surface area (Å²) in [4.78, 5) is 25.7. The van der Waals surface area contributed by atoms with E-state index in [1.807, 2.05) is 4.90 Å². The number of amides is 1. The number of benzene rings is 1. The van der Waals surface area contributed by atoms with Crippen molar-refractivity contribution in [3.05, 3.63) is 46.9 Å². The maximum Gasteiger partial charge on any atom is 0.417 e. The normalized spacial score (nSPS) is 21.6. The van der Waals surface area contributed by atoms with E-state index < -0.39 is 35.1 Å². The van der Waals surface area contributed by atoms with Crippen LogP contribution in [0.3, 0.4) is 0 Å². The monoisotopic (exact) mass is 574 g/mol. The van der Waals surface area contributed by atoms with Gasteiger partial charge in [0.05, 0.1) is 22.5 Å². The lowest BCUT2D eigenvalue weighted by atomic mass is 9.88. The summed E-state index contributed by atoms with van der Waals surface area (Å²) in [6, 6.07) is 5.98. The molecule has 1 aromatic heterocycles. The average molecular weight is 575 g/mol. The molecule has 220 valence electrons. The van der Waals surface area contributed by atoms with Gasteiger partial charge in [0, 0.05) is 65.1 Å². The molecule has 41 heavy (non-hydrogen) atoms. The lowest BCUT2D eigenvalue weighted by Crippen LogP contribution is -2.75. The van der Waals surface area contributed by atoms with E-state index in [-0.39, 0.29) is 30.0 Å². The standard InChI is InChI=1S/C28H34F4N8O/c1-18-13-20(28(30,31)32)19(14-33)25(35-18)36-22-7-8-40(24-21(29)5-4-6-23(24)38(3)26(22)41)12-11-39-10-9-37(2)27(17-39)15-34-16-27/h4-6,13,22,34H,7-12,15-17H2,1-3H3,(H,35,36). The molecule has 9 nitrogen and oxygen atoms in total. The summed E-state index contributed by atoms with van der Waals surface area (Å²) in [6.45, 7) is 7.42. The van der Waals surface area contributed by atoms with Crippen LogP contribution >= 0.6 is 0 Å². The number of para-hydroxylation sites is 1. The van der Waals surface area contributed by atoms with Gasteiger partial charge in [-0.3, -0.25) is 14.6 Å². The van der Waals surface area contributed by atoms with Gasteiger partial charge in [0.2, 0.25) is 5.91 Å². The molecule has 2 aromatic rings. The highest BCUT2D eigenvalue weighted by atomic mass is 19.4. The summed E-state index contributed by atoms with van der Waals surface area (Å²) < 4.78 is 56.4. The Balaban J connectivity index is 1.41. The fourth-order valence-electron chi connectivity index (χ4n) is 5.99. The van der Waals surface area contributed by atoms with Crippen LogP contribution in [0.4, 0.5) is 34.8 Å². The molecule has 2 fully saturated rings. The van der Waals surface area contributed by atoms with Gasteiger partial charge in [-0.25, -0.2) is 9.37 Å². The lowest BCUT2D eigenvalue weighted by Gasteiger charge is -2.55. The number of alkyl halides is 3. The smallest absolute Gasteiger partial charge is 0.366 e. The highest BCUT2D eigenvalue weighted by molar-refractivity contribution is 6.01. The SMILES string of the molecule is Cc1cc(C(F)(F)F)c(C#N)c(NC2CCN(CCN3CCN(C)C4(CNC4)C3)c3c(F)cccc3N(C)C2=O)n1. The zero-order chi connectivity index (χ0) is 29.5. The predicted molar refractivity (Wildman–Crippen MR) is 147 cm³/mol. The van der Waals surface area contributed by atoms with Crippen LogP contribution in [0.15, 0.2) is 24.3 Å². The first kappa shape index (κ1) is 29.0. The number of nitrogens with zero attached hydrogens (tertiary/aromatic N) is 6. The molecule has 0 saturated carbocycles. The lowest BCUT2D eigenvalue weighted by molar-refractivity contribution is -0.137. The van der Waals surface area contributed by atoms with Crippen molar-refractivity contribution < 1.29 is 22.4 Å². The molecule has 3 aliphatic rings. The Morgan fingerprint density at radius 1 is 1.20 bits per heavy atom. The Bertz CT molecular complexity index is 1360. The number of nitriles is 1. The van der Waals surface area contributed by atoms with E-state index in [9.17, 15) is 23.2 Å². The molecule has 0 aliphatic carbocycles. The van der Waals surface area contributed by atoms with Gasteiger partial charge in [0.15, 0.2) is 0 Å². The Labute approximate surface area is 236 Å². The largest absolute Gasteiger partial charge is 0.417 e. The molecule has 1 amide bonds. The maximum atomic E-state index is 15.3. The van der Waals surface area contributed by atoms with E-state index in [1.165, 1.54) is 31.0 Å². The van der Waals surface area contributed by atoms with Crippen LogP contribution in [0.2, 0.25) is 0 Å². The van der Waals surface area contributed by atoms with Crippen molar-refractivity contribution in [2.75, 3.05) is 81.6 Å². The minimum absolute atomic E-state index is 0.0612. The van der Waals surface area contributed by atoms with Gasteiger partial charge in [-0.15, -0.1) is 0 Å². The molecule has 2 N–H and O–H groups in total. The third kappa shape index (κ3) is 5.56. The zero-order valence-corrected chi connectivity index (χ0v) is 23.4. The molecule has 1 atom stereocenters. The number of rotatable bonds is 5. The fraction of sp³-hybridized carbons (Fsp3) is 0.536. The number of likely N-dealkylation sites (N-methyl/N-ethyl adjacent to an activating group) is 2. The minimum atomic E-state index is -4.76. The van der Waals surface area contributed by atoms with Crippen LogP contribution in [0.5, 0.6) is 0 Å². The minimum Gasteiger partial charge on any atom is -0.366 e. The molecule has 2 saturated heterocycles. The molecule has 13 heteroatoms. The van der Waals surface area contributed by atoms with E-state index in [1.54, 1.807) is 12.1 Å². The van der Waals surface area contributed by atoms with Crippen LogP contribution in [-0.4, -0.2) is 98.7 Å². The van der Waals surface area contributed by atoms with Crippen LogP contribution in [0.1, 0.15) is 23.2 Å². The van der Waals surface area contributed by atoms with Crippen LogP contribution in [-0.2, 0) is 11.0 Å². The average Bonchev–Trinajstić information content (AvgIpc) is 2.90. The van der Waals surface area contributed by atoms with Crippen LogP contribution < -0.4 is 20.4 Å². The molecule has 0 radical (unpaired) electrons. The number of hydrogen-bond acceptors (Lipinski definition) is 8. The number of carbonyl (C=O) groups excluding carboxylic acids is 1. The molecule has 1 spiro atoms. The summed E-state index contributed by atoms with van der Waals surface area (Å²) >= 11 is 0. The summed E-state index contributed by atoms with van der Waals surface area (Å²) in [6.07, 6.45) is -4.60. The second-order valence-electron chi connectivity index (χ2n) is 11.1. The Kier molecular flexibility index (Phi) is 7.84. The van der Waals surface area contributed by atoms with Gasteiger partial charge in [0.1, 0.15) is 29.3 Å². The van der Waals surface area contributed by atoms with Gasteiger partial charge in [-0.2, -0.15) is 18.4 Å². The van der Waals surface area contributed by atoms with Gasteiger partial charge in [-0.05, 0) is 38.6 Å². The number of anilines is 3. The summed E-state index contributed by atoms with van der Waals surface area (Å²) in [5.41, 5.74) is -0.921. The number of carbonyl (C=O) groups is 1. The molecular formula is C28H34F4N8O. The Morgan fingerprint density at radius 2 is 1.95 bits per heavy atom. The van der Waals surface area contributed by atoms with Gasteiger partial charge in [-0.1, -0.05) is 6.07 Å². The predicted octanol–water partition coefficient (Wildman–Crippen LogP) is 2.66. The van der Waals surface area contributed by atoms with Crippen molar-refractivity contribution in [2.24, 2.45) is 0 Å². The molecule has 4 heterocycles. The molecular weight excluding hydrogens is 540 g/mol. The number of halogens is 4. The van der Waals surface area contributed by atoms with E-state index >= 15 is 4.39 Å². The first-order valence-electron chi connectivity index (χ1n) is 13.6. The van der Waals surface area contributed by atoms with E-state index in [2.05, 4.69) is 32.5 Å². The number of aromatic nitrogens is 1. The van der Waals surface area contributed by atoms with Crippen molar-refractivity contribution in [3.8, 4) is 6.07 Å². The molecule has 1 aromatic carbocycles.